The average molecular weight is 555 g/mol. The fourth-order valence-corrected chi connectivity index (χ4v) is 5.05. The van der Waals surface area contributed by atoms with Crippen LogP contribution in [0.5, 0.6) is 17.4 Å². The van der Waals surface area contributed by atoms with Gasteiger partial charge in [0.05, 0.1) is 37.0 Å². The summed E-state index contributed by atoms with van der Waals surface area (Å²) in [7, 11) is 1.50. The molecular weight excluding hydrogens is 519 g/mol. The maximum atomic E-state index is 15.0. The molecule has 0 aliphatic carbocycles. The lowest BCUT2D eigenvalue weighted by Gasteiger charge is -2.44. The molecule has 40 heavy (non-hydrogen) atoms. The van der Waals surface area contributed by atoms with Gasteiger partial charge in [-0.2, -0.15) is 0 Å². The third-order valence-electron chi connectivity index (χ3n) is 6.49. The summed E-state index contributed by atoms with van der Waals surface area (Å²) < 4.78 is 38.7. The van der Waals surface area contributed by atoms with Crippen LogP contribution in [0.1, 0.15) is 64.3 Å². The Bertz CT molecular complexity index is 1350. The van der Waals surface area contributed by atoms with Crippen LogP contribution in [0.25, 0.3) is 11.3 Å². The zero-order chi connectivity index (χ0) is 29.1. The van der Waals surface area contributed by atoms with Gasteiger partial charge in [0.25, 0.3) is 0 Å². The third-order valence-corrected chi connectivity index (χ3v) is 6.49. The SMILES string of the molecule is COc1ccc(F)c(-c2ncc(COc3cccc([C@H](O)CC(=O)O)c3)nc2OC2CC(C)(C)OC(C)(C)C2)c1. The van der Waals surface area contributed by atoms with Crippen LogP contribution >= 0.6 is 0 Å². The number of aliphatic hydroxyl groups is 1. The lowest BCUT2D eigenvalue weighted by atomic mass is 9.87. The van der Waals surface area contributed by atoms with E-state index in [4.69, 9.17) is 24.1 Å². The number of halogens is 1. The van der Waals surface area contributed by atoms with E-state index in [0.717, 1.165) is 0 Å². The van der Waals surface area contributed by atoms with E-state index in [9.17, 15) is 14.3 Å². The first-order valence-electron chi connectivity index (χ1n) is 13.0. The van der Waals surface area contributed by atoms with Crippen molar-refractivity contribution in [2.45, 2.75) is 77.0 Å². The molecule has 2 N–H and O–H groups in total. The maximum Gasteiger partial charge on any atom is 0.306 e. The second kappa shape index (κ2) is 11.8. The Morgan fingerprint density at radius 2 is 1.85 bits per heavy atom. The minimum atomic E-state index is -1.16. The maximum absolute atomic E-state index is 15.0. The number of benzene rings is 2. The van der Waals surface area contributed by atoms with Crippen molar-refractivity contribution in [2.75, 3.05) is 7.11 Å². The molecule has 1 aliphatic heterocycles. The Morgan fingerprint density at radius 3 is 2.52 bits per heavy atom. The summed E-state index contributed by atoms with van der Waals surface area (Å²) in [6.07, 6.45) is 0.851. The fraction of sp³-hybridized carbons (Fsp3) is 0.433. The zero-order valence-corrected chi connectivity index (χ0v) is 23.3. The van der Waals surface area contributed by atoms with Gasteiger partial charge in [-0.15, -0.1) is 0 Å². The van der Waals surface area contributed by atoms with E-state index < -0.39 is 35.5 Å². The van der Waals surface area contributed by atoms with E-state index in [-0.39, 0.29) is 29.8 Å². The highest BCUT2D eigenvalue weighted by Crippen LogP contribution is 2.39. The number of carboxylic acids is 1. The highest BCUT2D eigenvalue weighted by atomic mass is 19.1. The highest BCUT2D eigenvalue weighted by Gasteiger charge is 2.41. The summed E-state index contributed by atoms with van der Waals surface area (Å²) in [5.74, 6) is -0.548. The number of aromatic nitrogens is 2. The molecule has 0 spiro atoms. The van der Waals surface area contributed by atoms with E-state index in [1.54, 1.807) is 30.3 Å². The molecule has 1 saturated heterocycles. The van der Waals surface area contributed by atoms with Crippen molar-refractivity contribution in [3.8, 4) is 28.6 Å². The van der Waals surface area contributed by atoms with Gasteiger partial charge in [-0.05, 0) is 63.6 Å². The lowest BCUT2D eigenvalue weighted by molar-refractivity contribution is -0.182. The molecule has 2 heterocycles. The monoisotopic (exact) mass is 554 g/mol. The van der Waals surface area contributed by atoms with Crippen molar-refractivity contribution in [1.82, 2.24) is 9.97 Å². The van der Waals surface area contributed by atoms with Gasteiger partial charge in [-0.1, -0.05) is 12.1 Å². The molecular formula is C30H35FN2O7. The fourth-order valence-electron chi connectivity index (χ4n) is 5.05. The van der Waals surface area contributed by atoms with E-state index in [1.165, 1.54) is 25.4 Å². The van der Waals surface area contributed by atoms with Crippen molar-refractivity contribution in [1.29, 1.82) is 0 Å². The topological polar surface area (TPSA) is 120 Å². The molecule has 0 saturated carbocycles. The molecule has 1 atom stereocenters. The molecule has 10 heteroatoms. The number of rotatable bonds is 10. The molecule has 1 fully saturated rings. The predicted molar refractivity (Wildman–Crippen MR) is 145 cm³/mol. The Labute approximate surface area is 232 Å². The van der Waals surface area contributed by atoms with Crippen molar-refractivity contribution < 1.29 is 38.3 Å². The smallest absolute Gasteiger partial charge is 0.306 e. The molecule has 0 unspecified atom stereocenters. The molecule has 0 amide bonds. The molecule has 3 aromatic rings. The second-order valence-corrected chi connectivity index (χ2v) is 11.1. The number of aliphatic carboxylic acids is 1. The van der Waals surface area contributed by atoms with Gasteiger partial charge in [0.1, 0.15) is 41.4 Å². The number of hydrogen-bond acceptors (Lipinski definition) is 8. The van der Waals surface area contributed by atoms with E-state index in [0.29, 0.717) is 35.6 Å². The van der Waals surface area contributed by atoms with Crippen molar-refractivity contribution in [3.63, 3.8) is 0 Å². The summed E-state index contributed by atoms with van der Waals surface area (Å²) in [4.78, 5) is 20.1. The third kappa shape index (κ3) is 7.45. The summed E-state index contributed by atoms with van der Waals surface area (Å²) in [5, 5.41) is 19.1. The molecule has 1 aliphatic rings. The zero-order valence-electron chi connectivity index (χ0n) is 23.3. The Morgan fingerprint density at radius 1 is 1.12 bits per heavy atom. The van der Waals surface area contributed by atoms with Gasteiger partial charge in [-0.3, -0.25) is 4.79 Å². The van der Waals surface area contributed by atoms with Crippen molar-refractivity contribution >= 4 is 5.97 Å². The van der Waals surface area contributed by atoms with Crippen LogP contribution in [0.15, 0.2) is 48.7 Å². The van der Waals surface area contributed by atoms with Gasteiger partial charge in [-0.25, -0.2) is 14.4 Å². The summed E-state index contributed by atoms with van der Waals surface area (Å²) in [6, 6.07) is 10.9. The highest BCUT2D eigenvalue weighted by molar-refractivity contribution is 5.68. The van der Waals surface area contributed by atoms with Crippen LogP contribution in [-0.2, 0) is 16.1 Å². The first-order chi connectivity index (χ1) is 18.8. The number of hydrogen-bond donors (Lipinski definition) is 2. The normalized spacial score (nSPS) is 17.2. The number of nitrogens with zero attached hydrogens (tertiary/aromatic N) is 2. The molecule has 214 valence electrons. The summed E-state index contributed by atoms with van der Waals surface area (Å²) in [6.45, 7) is 8.02. The molecule has 0 bridgehead atoms. The van der Waals surface area contributed by atoms with Crippen LogP contribution in [0.3, 0.4) is 0 Å². The largest absolute Gasteiger partial charge is 0.497 e. The Hall–Kier alpha value is -3.76. The molecule has 9 nitrogen and oxygen atoms in total. The van der Waals surface area contributed by atoms with Gasteiger partial charge in [0.2, 0.25) is 5.88 Å². The van der Waals surface area contributed by atoms with Gasteiger partial charge >= 0.3 is 5.97 Å². The predicted octanol–water partition coefficient (Wildman–Crippen LogP) is 5.49. The van der Waals surface area contributed by atoms with Gasteiger partial charge < -0.3 is 29.2 Å². The lowest BCUT2D eigenvalue weighted by Crippen LogP contribution is -2.49. The van der Waals surface area contributed by atoms with Crippen molar-refractivity contribution in [2.24, 2.45) is 0 Å². The van der Waals surface area contributed by atoms with Crippen LogP contribution in [0.4, 0.5) is 4.39 Å². The first kappa shape index (κ1) is 29.2. The Kier molecular flexibility index (Phi) is 8.60. The van der Waals surface area contributed by atoms with E-state index in [1.807, 2.05) is 27.7 Å². The van der Waals surface area contributed by atoms with Crippen LogP contribution < -0.4 is 14.2 Å². The van der Waals surface area contributed by atoms with Crippen molar-refractivity contribution in [3.05, 3.63) is 65.7 Å². The average Bonchev–Trinajstić information content (AvgIpc) is 2.86. The van der Waals surface area contributed by atoms with Crippen LogP contribution in [0, 0.1) is 5.82 Å². The number of methoxy groups -OCH3 is 1. The van der Waals surface area contributed by atoms with Crippen LogP contribution in [-0.4, -0.2) is 50.6 Å². The standard InChI is InChI=1S/C30H35FN2O7/c1-29(2)14-22(15-30(3,4)40-29)39-28-27(23-12-20(37-5)9-10-24(23)31)32-16-19(33-28)17-38-21-8-6-7-18(11-21)25(34)13-26(35)36/h6-12,16,22,25,34H,13-15,17H2,1-5H3,(H,35,36)/t25-/m1/s1. The summed E-state index contributed by atoms with van der Waals surface area (Å²) >= 11 is 0. The molecule has 1 aromatic heterocycles. The minimum absolute atomic E-state index is 0.00742. The Balaban J connectivity index is 1.63. The minimum Gasteiger partial charge on any atom is -0.497 e. The number of carboxylic acid groups (broad SMARTS) is 1. The first-order valence-corrected chi connectivity index (χ1v) is 13.0. The van der Waals surface area contributed by atoms with Gasteiger partial charge in [0.15, 0.2) is 0 Å². The number of ether oxygens (including phenoxy) is 4. The van der Waals surface area contributed by atoms with Crippen LogP contribution in [0.2, 0.25) is 0 Å². The molecule has 0 radical (unpaired) electrons. The summed E-state index contributed by atoms with van der Waals surface area (Å²) in [5.41, 5.74) is 0.421. The quantitative estimate of drug-likeness (QED) is 0.335. The molecule has 2 aromatic carbocycles. The van der Waals surface area contributed by atoms with E-state index in [2.05, 4.69) is 9.97 Å². The number of aliphatic hydroxyl groups excluding tert-OH is 1. The second-order valence-electron chi connectivity index (χ2n) is 11.1. The molecule has 4 rings (SSSR count). The van der Waals surface area contributed by atoms with E-state index >= 15 is 0 Å². The van der Waals surface area contributed by atoms with Gasteiger partial charge in [0, 0.05) is 18.4 Å². The number of carbonyl (C=O) groups is 1.